The lowest BCUT2D eigenvalue weighted by molar-refractivity contribution is 0.637. The maximum atomic E-state index is 13.4. The minimum Gasteiger partial charge on any atom is -0.380 e. The van der Waals surface area contributed by atoms with Gasteiger partial charge in [0.1, 0.15) is 5.69 Å². The Labute approximate surface area is 84.8 Å². The second-order valence-corrected chi connectivity index (χ2v) is 4.40. The number of H-pyrrole nitrogens is 1. The van der Waals surface area contributed by atoms with Crippen LogP contribution in [0.2, 0.25) is 0 Å². The van der Waals surface area contributed by atoms with Crippen LogP contribution >= 0.6 is 11.3 Å². The minimum atomic E-state index is -0.466. The van der Waals surface area contributed by atoms with E-state index in [0.29, 0.717) is 5.69 Å². The molecule has 5 heteroatoms. The van der Waals surface area contributed by atoms with Crippen LogP contribution in [-0.2, 0) is 0 Å². The van der Waals surface area contributed by atoms with Crippen LogP contribution in [0.1, 0.15) is 10.4 Å². The summed E-state index contributed by atoms with van der Waals surface area (Å²) < 4.78 is 13.4. The molecular formula is C9H10FN3S. The molecule has 3 N–H and O–H groups in total. The highest BCUT2D eigenvalue weighted by molar-refractivity contribution is 7.15. The molecule has 2 aromatic rings. The van der Waals surface area contributed by atoms with E-state index in [0.717, 1.165) is 10.4 Å². The minimum absolute atomic E-state index is 0.0799. The fourth-order valence-electron chi connectivity index (χ4n) is 1.20. The smallest absolute Gasteiger partial charge is 0.193 e. The number of nitrogen functional groups attached to an aromatic ring is 1. The third-order valence-corrected chi connectivity index (χ3v) is 3.31. The Morgan fingerprint density at radius 3 is 2.64 bits per heavy atom. The summed E-state index contributed by atoms with van der Waals surface area (Å²) in [4.78, 5) is 2.01. The normalized spacial score (nSPS) is 10.8. The fourth-order valence-corrected chi connectivity index (χ4v) is 2.22. The predicted molar refractivity (Wildman–Crippen MR) is 55.7 cm³/mol. The zero-order chi connectivity index (χ0) is 10.3. The van der Waals surface area contributed by atoms with Crippen LogP contribution in [0.4, 0.5) is 10.2 Å². The number of aryl methyl sites for hydroxylation is 2. The summed E-state index contributed by atoms with van der Waals surface area (Å²) in [6, 6.07) is 1.93. The number of anilines is 1. The number of aromatic nitrogens is 2. The van der Waals surface area contributed by atoms with Crippen molar-refractivity contribution < 1.29 is 4.39 Å². The van der Waals surface area contributed by atoms with Crippen molar-refractivity contribution >= 4 is 17.2 Å². The van der Waals surface area contributed by atoms with Gasteiger partial charge in [-0.1, -0.05) is 0 Å². The second-order valence-electron chi connectivity index (χ2n) is 3.15. The van der Waals surface area contributed by atoms with Crippen molar-refractivity contribution in [3.05, 3.63) is 22.3 Å². The molecule has 0 aromatic carbocycles. The highest BCUT2D eigenvalue weighted by Crippen LogP contribution is 2.32. The summed E-state index contributed by atoms with van der Waals surface area (Å²) in [6.07, 6.45) is 0. The topological polar surface area (TPSA) is 54.7 Å². The molecule has 0 aliphatic carbocycles. The van der Waals surface area contributed by atoms with Crippen LogP contribution in [0.3, 0.4) is 0 Å². The van der Waals surface area contributed by atoms with E-state index in [9.17, 15) is 4.39 Å². The number of hydrogen-bond acceptors (Lipinski definition) is 3. The van der Waals surface area contributed by atoms with Gasteiger partial charge in [-0.2, -0.15) is 5.10 Å². The first kappa shape index (κ1) is 9.21. The molecule has 0 spiro atoms. The van der Waals surface area contributed by atoms with E-state index in [-0.39, 0.29) is 5.82 Å². The zero-order valence-corrected chi connectivity index (χ0v) is 8.70. The van der Waals surface area contributed by atoms with E-state index < -0.39 is 5.82 Å². The molecule has 0 bridgehead atoms. The number of aromatic amines is 1. The molecule has 2 rings (SSSR count). The molecule has 0 radical (unpaired) electrons. The lowest BCUT2D eigenvalue weighted by Crippen LogP contribution is -1.86. The van der Waals surface area contributed by atoms with Gasteiger partial charge in [0.2, 0.25) is 0 Å². The number of nitrogens with zero attached hydrogens (tertiary/aromatic N) is 1. The predicted octanol–water partition coefficient (Wildman–Crippen LogP) is 2.48. The van der Waals surface area contributed by atoms with Crippen LogP contribution < -0.4 is 5.73 Å². The Hall–Kier alpha value is -1.36. The molecule has 0 unspecified atom stereocenters. The summed E-state index contributed by atoms with van der Waals surface area (Å²) in [6.45, 7) is 3.99. The lowest BCUT2D eigenvalue weighted by Gasteiger charge is -1.89. The first-order chi connectivity index (χ1) is 6.59. The Kier molecular flexibility index (Phi) is 2.03. The molecular weight excluding hydrogens is 201 g/mol. The fraction of sp³-hybridized carbons (Fsp3) is 0.222. The van der Waals surface area contributed by atoms with Gasteiger partial charge in [-0.15, -0.1) is 11.3 Å². The first-order valence-corrected chi connectivity index (χ1v) is 4.98. The Morgan fingerprint density at radius 2 is 2.21 bits per heavy atom. The molecule has 0 atom stereocenters. The van der Waals surface area contributed by atoms with Crippen molar-refractivity contribution in [2.45, 2.75) is 13.8 Å². The number of nitrogens with two attached hydrogens (primary N) is 1. The summed E-state index contributed by atoms with van der Waals surface area (Å²) in [7, 11) is 0. The zero-order valence-electron chi connectivity index (χ0n) is 7.89. The standard InChI is InChI=1S/C9H10FN3S/c1-4-3-6(14-5(4)2)8-7(10)9(11)13-12-8/h3H,1-2H3,(H3,11,12,13). The average molecular weight is 211 g/mol. The van der Waals surface area contributed by atoms with Crippen LogP contribution in [0.15, 0.2) is 6.07 Å². The van der Waals surface area contributed by atoms with Crippen LogP contribution in [0, 0.1) is 19.7 Å². The van der Waals surface area contributed by atoms with Gasteiger partial charge in [0, 0.05) is 4.88 Å². The van der Waals surface area contributed by atoms with Crippen molar-refractivity contribution in [3.8, 4) is 10.6 Å². The third kappa shape index (κ3) is 1.29. The van der Waals surface area contributed by atoms with Gasteiger partial charge >= 0.3 is 0 Å². The highest BCUT2D eigenvalue weighted by atomic mass is 32.1. The van der Waals surface area contributed by atoms with E-state index in [1.807, 2.05) is 19.9 Å². The number of nitrogens with one attached hydrogen (secondary N) is 1. The van der Waals surface area contributed by atoms with Gasteiger partial charge in [0.25, 0.3) is 0 Å². The van der Waals surface area contributed by atoms with Crippen LogP contribution in [0.5, 0.6) is 0 Å². The summed E-state index contributed by atoms with van der Waals surface area (Å²) in [5.74, 6) is -0.546. The van der Waals surface area contributed by atoms with Crippen LogP contribution in [-0.4, -0.2) is 10.2 Å². The molecule has 0 saturated carbocycles. The largest absolute Gasteiger partial charge is 0.380 e. The van der Waals surface area contributed by atoms with E-state index in [2.05, 4.69) is 10.2 Å². The Morgan fingerprint density at radius 1 is 1.50 bits per heavy atom. The Balaban J connectivity index is 2.54. The van der Waals surface area contributed by atoms with Crippen molar-refractivity contribution in [1.29, 1.82) is 0 Å². The van der Waals surface area contributed by atoms with Crippen molar-refractivity contribution in [1.82, 2.24) is 10.2 Å². The number of halogens is 1. The van der Waals surface area contributed by atoms with Gasteiger partial charge in [0.15, 0.2) is 11.6 Å². The molecule has 3 nitrogen and oxygen atoms in total. The maximum Gasteiger partial charge on any atom is 0.193 e. The number of hydrogen-bond donors (Lipinski definition) is 2. The number of rotatable bonds is 1. The quantitative estimate of drug-likeness (QED) is 0.761. The Bertz CT molecular complexity index is 453. The molecule has 0 aliphatic rings. The van der Waals surface area contributed by atoms with E-state index in [4.69, 9.17) is 5.73 Å². The molecule has 0 fully saturated rings. The second kappa shape index (κ2) is 3.09. The molecule has 14 heavy (non-hydrogen) atoms. The van der Waals surface area contributed by atoms with Gasteiger partial charge in [-0.3, -0.25) is 5.10 Å². The summed E-state index contributed by atoms with van der Waals surface area (Å²) >= 11 is 1.53. The lowest BCUT2D eigenvalue weighted by atomic mass is 10.2. The summed E-state index contributed by atoms with van der Waals surface area (Å²) in [5.41, 5.74) is 6.84. The van der Waals surface area contributed by atoms with E-state index in [1.165, 1.54) is 16.2 Å². The van der Waals surface area contributed by atoms with Gasteiger partial charge < -0.3 is 5.73 Å². The van der Waals surface area contributed by atoms with Crippen molar-refractivity contribution in [2.24, 2.45) is 0 Å². The maximum absolute atomic E-state index is 13.4. The molecule has 74 valence electrons. The average Bonchev–Trinajstić information content (AvgIpc) is 2.61. The monoisotopic (exact) mass is 211 g/mol. The van der Waals surface area contributed by atoms with Gasteiger partial charge in [-0.05, 0) is 25.5 Å². The van der Waals surface area contributed by atoms with Crippen molar-refractivity contribution in [3.63, 3.8) is 0 Å². The van der Waals surface area contributed by atoms with Crippen molar-refractivity contribution in [2.75, 3.05) is 5.73 Å². The van der Waals surface area contributed by atoms with E-state index >= 15 is 0 Å². The first-order valence-electron chi connectivity index (χ1n) is 4.16. The highest BCUT2D eigenvalue weighted by Gasteiger charge is 2.14. The van der Waals surface area contributed by atoms with Crippen LogP contribution in [0.25, 0.3) is 10.6 Å². The molecule has 2 heterocycles. The molecule has 0 saturated heterocycles. The van der Waals surface area contributed by atoms with E-state index in [1.54, 1.807) is 0 Å². The third-order valence-electron chi connectivity index (χ3n) is 2.14. The summed E-state index contributed by atoms with van der Waals surface area (Å²) in [5, 5.41) is 6.21. The molecule has 0 amide bonds. The van der Waals surface area contributed by atoms with Gasteiger partial charge in [0.05, 0.1) is 4.88 Å². The number of thiophene rings is 1. The van der Waals surface area contributed by atoms with Gasteiger partial charge in [-0.25, -0.2) is 4.39 Å². The molecule has 0 aliphatic heterocycles. The SMILES string of the molecule is Cc1cc(-c2[nH]nc(N)c2F)sc1C. The molecule has 2 aromatic heterocycles.